The topological polar surface area (TPSA) is 100 Å². The Labute approximate surface area is 105 Å². The van der Waals surface area contributed by atoms with Gasteiger partial charge in [0.2, 0.25) is 5.95 Å². The van der Waals surface area contributed by atoms with E-state index in [1.165, 1.54) is 0 Å². The molecule has 2 heterocycles. The van der Waals surface area contributed by atoms with Gasteiger partial charge in [0.25, 0.3) is 5.56 Å². The van der Waals surface area contributed by atoms with E-state index in [0.717, 1.165) is 5.56 Å². The number of fused-ring (bicyclic) bond motifs is 1. The van der Waals surface area contributed by atoms with Crippen LogP contribution >= 0.6 is 0 Å². The molecule has 0 aliphatic rings. The summed E-state index contributed by atoms with van der Waals surface area (Å²) in [6.45, 7) is 0. The van der Waals surface area contributed by atoms with Gasteiger partial charge in [0.15, 0.2) is 14.0 Å². The fourth-order valence-corrected chi connectivity index (χ4v) is 1.82. The Bertz CT molecular complexity index is 796. The van der Waals surface area contributed by atoms with Crippen LogP contribution in [0, 0.1) is 0 Å². The van der Waals surface area contributed by atoms with Crippen LogP contribution in [-0.4, -0.2) is 19.9 Å². The molecule has 0 aliphatic heterocycles. The Morgan fingerprint density at radius 1 is 1.22 bits per heavy atom. The van der Waals surface area contributed by atoms with Crippen molar-refractivity contribution in [1.29, 1.82) is 0 Å². The Morgan fingerprint density at radius 3 is 2.83 bits per heavy atom. The number of hydrogen-bond acceptors (Lipinski definition) is 4. The lowest BCUT2D eigenvalue weighted by Crippen LogP contribution is -2.10. The van der Waals surface area contributed by atoms with E-state index in [-0.39, 0.29) is 22.8 Å². The molecule has 0 bridgehead atoms. The molecule has 6 nitrogen and oxygen atoms in total. The van der Waals surface area contributed by atoms with Crippen LogP contribution in [0.15, 0.2) is 35.1 Å². The molecule has 18 heavy (non-hydrogen) atoms. The van der Waals surface area contributed by atoms with Gasteiger partial charge in [0.1, 0.15) is 5.82 Å². The van der Waals surface area contributed by atoms with Crippen LogP contribution in [0.25, 0.3) is 11.2 Å². The summed E-state index contributed by atoms with van der Waals surface area (Å²) in [6, 6.07) is 9.72. The van der Waals surface area contributed by atoms with Gasteiger partial charge in [-0.1, -0.05) is 30.3 Å². The van der Waals surface area contributed by atoms with Gasteiger partial charge < -0.3 is 10.7 Å². The van der Waals surface area contributed by atoms with E-state index in [4.69, 9.17) is 2.82 Å². The van der Waals surface area contributed by atoms with Gasteiger partial charge in [-0.15, -0.1) is 0 Å². The van der Waals surface area contributed by atoms with E-state index >= 15 is 0 Å². The van der Waals surface area contributed by atoms with E-state index in [0.29, 0.717) is 12.2 Å². The van der Waals surface area contributed by atoms with Crippen LogP contribution in [0.1, 0.15) is 11.4 Å². The molecule has 0 amide bonds. The molecule has 0 aliphatic carbocycles. The number of H-pyrrole nitrogens is 2. The van der Waals surface area contributed by atoms with Crippen molar-refractivity contribution in [3.8, 4) is 0 Å². The van der Waals surface area contributed by atoms with Crippen molar-refractivity contribution in [1.82, 2.24) is 19.9 Å². The third kappa shape index (κ3) is 1.84. The Hall–Kier alpha value is -2.63. The number of nitrogen functional groups attached to an aromatic ring is 1. The highest BCUT2D eigenvalue weighted by Gasteiger charge is 2.08. The molecule has 3 aromatic rings. The van der Waals surface area contributed by atoms with Gasteiger partial charge in [-0.05, 0) is 5.56 Å². The van der Waals surface area contributed by atoms with Crippen molar-refractivity contribution in [2.24, 2.45) is 0 Å². The maximum atomic E-state index is 11.8. The summed E-state index contributed by atoms with van der Waals surface area (Å²) in [7, 11) is 0. The molecule has 3 rings (SSSR count). The van der Waals surface area contributed by atoms with Gasteiger partial charge in [0.05, 0.1) is 0 Å². The van der Waals surface area contributed by atoms with Gasteiger partial charge >= 0.3 is 0 Å². The lowest BCUT2D eigenvalue weighted by atomic mass is 10.1. The summed E-state index contributed by atoms with van der Waals surface area (Å²) >= 11 is 0. The molecule has 0 unspecified atom stereocenters. The summed E-state index contributed by atoms with van der Waals surface area (Å²) < 4.78 is 14.2. The largest absolute Gasteiger partial charge is 0.369 e. The van der Waals surface area contributed by atoms with Crippen molar-refractivity contribution in [2.75, 3.05) is 5.72 Å². The Balaban J connectivity index is 2.02. The van der Waals surface area contributed by atoms with Gasteiger partial charge in [-0.25, -0.2) is 4.98 Å². The Kier molecular flexibility index (Phi) is 1.88. The molecule has 6 heteroatoms. The number of aromatic amines is 2. The molecule has 90 valence electrons. The fourth-order valence-electron chi connectivity index (χ4n) is 1.82. The molecule has 0 saturated carbocycles. The first kappa shape index (κ1) is 8.46. The van der Waals surface area contributed by atoms with Crippen molar-refractivity contribution >= 4 is 17.1 Å². The van der Waals surface area contributed by atoms with Gasteiger partial charge in [-0.3, -0.25) is 9.78 Å². The zero-order valence-corrected chi connectivity index (χ0v) is 9.34. The molecule has 1 aromatic carbocycles. The smallest absolute Gasteiger partial charge is 0.278 e. The number of nitrogens with zero attached hydrogens (tertiary/aromatic N) is 2. The van der Waals surface area contributed by atoms with Crippen molar-refractivity contribution in [2.45, 2.75) is 6.42 Å². The minimum Gasteiger partial charge on any atom is -0.369 e. The lowest BCUT2D eigenvalue weighted by Gasteiger charge is -1.95. The van der Waals surface area contributed by atoms with Crippen LogP contribution < -0.4 is 11.3 Å². The summed E-state index contributed by atoms with van der Waals surface area (Å²) in [5.41, 5.74) is 1.32. The summed E-state index contributed by atoms with van der Waals surface area (Å²) in [5, 5.41) is 0. The number of benzene rings is 1. The molecular formula is C12H11N5O. The summed E-state index contributed by atoms with van der Waals surface area (Å²) in [5.74, 6) is 0.447. The van der Waals surface area contributed by atoms with E-state index in [1.54, 1.807) is 0 Å². The average molecular weight is 243 g/mol. The van der Waals surface area contributed by atoms with Crippen molar-refractivity contribution in [3.63, 3.8) is 0 Å². The molecular weight excluding hydrogens is 230 g/mol. The predicted octanol–water partition coefficient (Wildman–Crippen LogP) is 0.819. The SMILES string of the molecule is [2H]N([2H])c1nc2nc(Cc3ccccc3)[nH]c2c(=O)[nH]1. The third-order valence-corrected chi connectivity index (χ3v) is 2.61. The van der Waals surface area contributed by atoms with E-state index in [9.17, 15) is 4.79 Å². The highest BCUT2D eigenvalue weighted by atomic mass is 16.1. The second-order valence-electron chi connectivity index (χ2n) is 3.93. The summed E-state index contributed by atoms with van der Waals surface area (Å²) in [6.07, 6.45) is 0.553. The zero-order chi connectivity index (χ0) is 14.1. The van der Waals surface area contributed by atoms with Crippen LogP contribution in [0.3, 0.4) is 0 Å². The molecule has 0 fully saturated rings. The molecule has 4 N–H and O–H groups in total. The van der Waals surface area contributed by atoms with E-state index in [1.807, 2.05) is 30.3 Å². The highest BCUT2D eigenvalue weighted by molar-refractivity contribution is 5.70. The third-order valence-electron chi connectivity index (χ3n) is 2.61. The standard InChI is InChI=1S/C12H11N5O/c13-12-16-10-9(11(18)17-12)14-8(15-10)6-7-4-2-1-3-5-7/h1-5H,6H2,(H4,13,14,15,16,17,18)/i/hD2. The number of anilines is 1. The monoisotopic (exact) mass is 243 g/mol. The van der Waals surface area contributed by atoms with Crippen LogP contribution in [0.2, 0.25) is 2.82 Å². The van der Waals surface area contributed by atoms with Crippen LogP contribution in [0.5, 0.6) is 0 Å². The lowest BCUT2D eigenvalue weighted by molar-refractivity contribution is 1.03. The average Bonchev–Trinajstić information content (AvgIpc) is 2.83. The quantitative estimate of drug-likeness (QED) is 0.634. The van der Waals surface area contributed by atoms with Crippen molar-refractivity contribution in [3.05, 3.63) is 52.1 Å². The van der Waals surface area contributed by atoms with E-state index in [2.05, 4.69) is 19.9 Å². The second kappa shape index (κ2) is 3.99. The molecule has 0 saturated heterocycles. The number of aromatic nitrogens is 4. The first-order chi connectivity index (χ1) is 9.63. The first-order valence-corrected chi connectivity index (χ1v) is 5.44. The number of imidazole rings is 1. The number of nitrogens with one attached hydrogen (secondary N) is 2. The van der Waals surface area contributed by atoms with Crippen LogP contribution in [-0.2, 0) is 6.42 Å². The van der Waals surface area contributed by atoms with Gasteiger partial charge in [0, 0.05) is 6.42 Å². The second-order valence-corrected chi connectivity index (χ2v) is 3.93. The number of hydrogen-bond donors (Lipinski definition) is 3. The molecule has 0 radical (unpaired) electrons. The minimum absolute atomic E-state index is 0.166. The van der Waals surface area contributed by atoms with Crippen LogP contribution in [0.4, 0.5) is 5.95 Å². The highest BCUT2D eigenvalue weighted by Crippen LogP contribution is 2.09. The zero-order valence-electron chi connectivity index (χ0n) is 11.3. The normalized spacial score (nSPS) is 12.2. The van der Waals surface area contributed by atoms with E-state index < -0.39 is 5.56 Å². The fraction of sp³-hybridized carbons (Fsp3) is 0.0833. The first-order valence-electron chi connectivity index (χ1n) is 6.33. The number of nitrogens with two attached hydrogens (primary N) is 1. The van der Waals surface area contributed by atoms with Crippen molar-refractivity contribution < 1.29 is 2.82 Å². The minimum atomic E-state index is -0.443. The number of rotatable bonds is 3. The predicted molar refractivity (Wildman–Crippen MR) is 68.2 cm³/mol. The Morgan fingerprint density at radius 2 is 2.06 bits per heavy atom. The molecule has 0 spiro atoms. The maximum Gasteiger partial charge on any atom is 0.278 e. The molecule has 0 atom stereocenters. The van der Waals surface area contributed by atoms with Gasteiger partial charge in [-0.2, -0.15) is 4.98 Å². The maximum absolute atomic E-state index is 11.8. The summed E-state index contributed by atoms with van der Waals surface area (Å²) in [4.78, 5) is 25.3. The molecule has 2 aromatic heterocycles.